The van der Waals surface area contributed by atoms with E-state index < -0.39 is 0 Å². The summed E-state index contributed by atoms with van der Waals surface area (Å²) >= 11 is 0. The van der Waals surface area contributed by atoms with Gasteiger partial charge in [0, 0.05) is 0 Å². The zero-order chi connectivity index (χ0) is 14.6. The van der Waals surface area contributed by atoms with Crippen molar-refractivity contribution < 1.29 is 0 Å². The molecule has 0 spiro atoms. The highest BCUT2D eigenvalue weighted by atomic mass is 14.5. The van der Waals surface area contributed by atoms with Crippen LogP contribution >= 0.6 is 0 Å². The lowest BCUT2D eigenvalue weighted by Crippen LogP contribution is -2.35. The average Bonchev–Trinajstić information content (AvgIpc) is 2.49. The van der Waals surface area contributed by atoms with Gasteiger partial charge < -0.3 is 0 Å². The van der Waals surface area contributed by atoms with E-state index in [-0.39, 0.29) is 0 Å². The molecule has 3 aliphatic rings. The Morgan fingerprint density at radius 3 is 1.81 bits per heavy atom. The predicted molar refractivity (Wildman–Crippen MR) is 92.5 cm³/mol. The highest BCUT2D eigenvalue weighted by Gasteiger charge is 2.41. The first-order valence-corrected chi connectivity index (χ1v) is 10.2. The van der Waals surface area contributed by atoms with Crippen molar-refractivity contribution >= 4 is 0 Å². The Bertz CT molecular complexity index is 298. The van der Waals surface area contributed by atoms with Gasteiger partial charge in [-0.1, -0.05) is 77.6 Å². The summed E-state index contributed by atoms with van der Waals surface area (Å²) in [6, 6.07) is 0. The van der Waals surface area contributed by atoms with E-state index in [1.807, 2.05) is 0 Å². The lowest BCUT2D eigenvalue weighted by Gasteiger charge is -2.47. The van der Waals surface area contributed by atoms with Crippen LogP contribution in [0, 0.1) is 16.7 Å². The van der Waals surface area contributed by atoms with Crippen LogP contribution in [0.1, 0.15) is 116 Å². The molecule has 3 rings (SSSR count). The fraction of sp³-hybridized carbons (Fsp3) is 1.00. The van der Waals surface area contributed by atoms with Gasteiger partial charge in [0.25, 0.3) is 0 Å². The first kappa shape index (κ1) is 15.9. The van der Waals surface area contributed by atoms with E-state index in [2.05, 4.69) is 6.92 Å². The van der Waals surface area contributed by atoms with Crippen LogP contribution in [0.25, 0.3) is 0 Å². The van der Waals surface area contributed by atoms with Crippen molar-refractivity contribution in [1.29, 1.82) is 0 Å². The molecule has 0 bridgehead atoms. The third-order valence-electron chi connectivity index (χ3n) is 7.22. The van der Waals surface area contributed by atoms with Crippen LogP contribution in [0.4, 0.5) is 0 Å². The molecule has 0 heteroatoms. The minimum Gasteiger partial charge on any atom is -0.0596 e. The molecule has 0 saturated heterocycles. The topological polar surface area (TPSA) is 0 Å². The van der Waals surface area contributed by atoms with Crippen LogP contribution in [0.2, 0.25) is 0 Å². The molecule has 0 radical (unpaired) electrons. The fourth-order valence-electron chi connectivity index (χ4n) is 6.25. The molecule has 3 fully saturated rings. The molecule has 122 valence electrons. The van der Waals surface area contributed by atoms with Gasteiger partial charge in [-0.25, -0.2) is 0 Å². The normalized spacial score (nSPS) is 30.1. The Labute approximate surface area is 133 Å². The minimum atomic E-state index is 0.699. The maximum absolute atomic E-state index is 2.64. The Morgan fingerprint density at radius 2 is 1.19 bits per heavy atom. The van der Waals surface area contributed by atoms with Gasteiger partial charge in [0.15, 0.2) is 0 Å². The Balaban J connectivity index is 1.66. The molecule has 0 unspecified atom stereocenters. The Hall–Kier alpha value is 0. The molecule has 0 aromatic heterocycles. The van der Waals surface area contributed by atoms with Crippen LogP contribution in [-0.2, 0) is 0 Å². The molecule has 0 atom stereocenters. The van der Waals surface area contributed by atoms with Gasteiger partial charge in [-0.3, -0.25) is 0 Å². The third-order valence-corrected chi connectivity index (χ3v) is 7.22. The molecule has 0 aromatic carbocycles. The number of hydrogen-bond acceptors (Lipinski definition) is 0. The molecule has 0 amide bonds. The smallest absolute Gasteiger partial charge is 0.0290 e. The van der Waals surface area contributed by atoms with Crippen molar-refractivity contribution in [2.75, 3.05) is 0 Å². The van der Waals surface area contributed by atoms with Crippen molar-refractivity contribution in [3.8, 4) is 0 Å². The fourth-order valence-corrected chi connectivity index (χ4v) is 6.25. The molecule has 0 aromatic rings. The summed E-state index contributed by atoms with van der Waals surface area (Å²) in [4.78, 5) is 0. The van der Waals surface area contributed by atoms with Crippen molar-refractivity contribution in [3.05, 3.63) is 0 Å². The van der Waals surface area contributed by atoms with E-state index in [0.29, 0.717) is 5.41 Å². The quantitative estimate of drug-likeness (QED) is 0.510. The maximum atomic E-state index is 2.64. The minimum absolute atomic E-state index is 0.699. The summed E-state index contributed by atoms with van der Waals surface area (Å²) in [7, 11) is 0. The summed E-state index contributed by atoms with van der Waals surface area (Å²) in [5.41, 5.74) is 1.45. The highest BCUT2D eigenvalue weighted by Crippen LogP contribution is 2.54. The monoisotopic (exact) mass is 290 g/mol. The molecule has 21 heavy (non-hydrogen) atoms. The molecule has 3 saturated carbocycles. The lowest BCUT2D eigenvalue weighted by atomic mass is 9.58. The molecular weight excluding hydrogens is 252 g/mol. The summed E-state index contributed by atoms with van der Waals surface area (Å²) in [6.45, 7) is 2.64. The van der Waals surface area contributed by atoms with Gasteiger partial charge in [-0.15, -0.1) is 0 Å². The van der Waals surface area contributed by atoms with E-state index in [9.17, 15) is 0 Å². The van der Waals surface area contributed by atoms with Crippen molar-refractivity contribution in [2.24, 2.45) is 16.7 Å². The largest absolute Gasteiger partial charge is 0.0596 e. The second-order valence-corrected chi connectivity index (χ2v) is 9.32. The zero-order valence-corrected chi connectivity index (χ0v) is 14.6. The second-order valence-electron chi connectivity index (χ2n) is 9.32. The SMILES string of the molecule is CC1(CC2(CC3CCCCC3)CCCCC2)CCCCC1. The summed E-state index contributed by atoms with van der Waals surface area (Å²) in [6.07, 6.45) is 26.1. The first-order valence-electron chi connectivity index (χ1n) is 10.2. The van der Waals surface area contributed by atoms with Crippen molar-refractivity contribution in [2.45, 2.75) is 116 Å². The van der Waals surface area contributed by atoms with Crippen molar-refractivity contribution in [3.63, 3.8) is 0 Å². The standard InChI is InChI=1S/C21H38/c1-20(13-7-3-8-14-20)18-21(15-9-4-10-16-21)17-19-11-5-2-6-12-19/h19H,2-18H2,1H3. The highest BCUT2D eigenvalue weighted by molar-refractivity contribution is 4.92. The molecule has 0 N–H and O–H groups in total. The third kappa shape index (κ3) is 4.26. The molecule has 0 nitrogen and oxygen atoms in total. The summed E-state index contributed by atoms with van der Waals surface area (Å²) in [5, 5.41) is 0. The van der Waals surface area contributed by atoms with E-state index in [1.165, 1.54) is 70.6 Å². The van der Waals surface area contributed by atoms with E-state index >= 15 is 0 Å². The Kier molecular flexibility index (Phi) is 5.33. The van der Waals surface area contributed by atoms with Crippen LogP contribution in [-0.4, -0.2) is 0 Å². The summed E-state index contributed by atoms with van der Waals surface area (Å²) in [5.74, 6) is 1.09. The van der Waals surface area contributed by atoms with E-state index in [1.54, 1.807) is 38.5 Å². The van der Waals surface area contributed by atoms with Gasteiger partial charge in [-0.05, 0) is 55.3 Å². The maximum Gasteiger partial charge on any atom is -0.0290 e. The first-order chi connectivity index (χ1) is 10.2. The number of hydrogen-bond donors (Lipinski definition) is 0. The van der Waals surface area contributed by atoms with Gasteiger partial charge in [-0.2, -0.15) is 0 Å². The molecule has 0 aliphatic heterocycles. The van der Waals surface area contributed by atoms with Crippen LogP contribution in [0.5, 0.6) is 0 Å². The van der Waals surface area contributed by atoms with Crippen LogP contribution in [0.3, 0.4) is 0 Å². The van der Waals surface area contributed by atoms with Gasteiger partial charge in [0.05, 0.1) is 0 Å². The molecule has 3 aliphatic carbocycles. The van der Waals surface area contributed by atoms with E-state index in [4.69, 9.17) is 0 Å². The average molecular weight is 291 g/mol. The second kappa shape index (κ2) is 7.05. The summed E-state index contributed by atoms with van der Waals surface area (Å²) < 4.78 is 0. The van der Waals surface area contributed by atoms with Crippen LogP contribution < -0.4 is 0 Å². The van der Waals surface area contributed by atoms with Gasteiger partial charge in [0.2, 0.25) is 0 Å². The van der Waals surface area contributed by atoms with Crippen molar-refractivity contribution in [1.82, 2.24) is 0 Å². The van der Waals surface area contributed by atoms with Gasteiger partial charge >= 0.3 is 0 Å². The van der Waals surface area contributed by atoms with Gasteiger partial charge in [0.1, 0.15) is 0 Å². The van der Waals surface area contributed by atoms with Crippen LogP contribution in [0.15, 0.2) is 0 Å². The lowest BCUT2D eigenvalue weighted by molar-refractivity contribution is 0.0407. The molecular formula is C21H38. The Morgan fingerprint density at radius 1 is 0.667 bits per heavy atom. The van der Waals surface area contributed by atoms with E-state index in [0.717, 1.165) is 11.3 Å². The predicted octanol–water partition coefficient (Wildman–Crippen LogP) is 7.27. The zero-order valence-electron chi connectivity index (χ0n) is 14.6. The number of rotatable bonds is 4. The molecule has 0 heterocycles.